The Morgan fingerprint density at radius 2 is 2.15 bits per heavy atom. The summed E-state index contributed by atoms with van der Waals surface area (Å²) < 4.78 is 54.8. The average molecular weight is 293 g/mol. The summed E-state index contributed by atoms with van der Waals surface area (Å²) in [5.74, 6) is -4.10. The third-order valence-corrected chi connectivity index (χ3v) is 3.26. The molecule has 1 aromatic heterocycles. The third kappa shape index (κ3) is 3.20. The Balaban J connectivity index is 2.19. The van der Waals surface area contributed by atoms with Gasteiger partial charge in [-0.15, -0.1) is 0 Å². The molecule has 0 fully saturated rings. The number of hydrogen-bond acceptors (Lipinski definition) is 3. The molecule has 0 saturated carbocycles. The van der Waals surface area contributed by atoms with E-state index < -0.39 is 25.1 Å². The first-order valence-electron chi connectivity index (χ1n) is 6.36. The van der Waals surface area contributed by atoms with E-state index in [0.717, 1.165) is 12.8 Å². The molecule has 1 aliphatic rings. The van der Waals surface area contributed by atoms with E-state index in [-0.39, 0.29) is 5.75 Å². The van der Waals surface area contributed by atoms with E-state index in [0.29, 0.717) is 24.1 Å². The molecule has 0 radical (unpaired) electrons. The Hall–Kier alpha value is -1.37. The lowest BCUT2D eigenvalue weighted by molar-refractivity contribution is -0.148. The van der Waals surface area contributed by atoms with Crippen LogP contribution in [0.2, 0.25) is 0 Å². The number of ether oxygens (including phenoxy) is 1. The number of aromatic nitrogens is 1. The smallest absolute Gasteiger partial charge is 0.340 e. The number of rotatable bonds is 4. The molecule has 0 aromatic carbocycles. The highest BCUT2D eigenvalue weighted by molar-refractivity contribution is 5.37. The van der Waals surface area contributed by atoms with Gasteiger partial charge in [-0.05, 0) is 25.3 Å². The summed E-state index contributed by atoms with van der Waals surface area (Å²) >= 11 is 0. The molecule has 1 unspecified atom stereocenters. The summed E-state index contributed by atoms with van der Waals surface area (Å²) in [5.41, 5.74) is 0.919. The lowest BCUT2D eigenvalue weighted by Crippen LogP contribution is -2.34. The molecule has 20 heavy (non-hydrogen) atoms. The Morgan fingerprint density at radius 3 is 2.85 bits per heavy atom. The van der Waals surface area contributed by atoms with Crippen LogP contribution in [0.5, 0.6) is 5.75 Å². The van der Waals surface area contributed by atoms with Gasteiger partial charge < -0.3 is 9.84 Å². The molecule has 3 nitrogen and oxygen atoms in total. The normalized spacial score (nSPS) is 19.6. The summed E-state index contributed by atoms with van der Waals surface area (Å²) in [6, 6.07) is 1.36. The van der Waals surface area contributed by atoms with Crippen LogP contribution in [0.25, 0.3) is 0 Å². The minimum Gasteiger partial charge on any atom is -0.487 e. The van der Waals surface area contributed by atoms with Gasteiger partial charge in [0.15, 0.2) is 6.61 Å². The van der Waals surface area contributed by atoms with Crippen molar-refractivity contribution in [2.45, 2.75) is 44.1 Å². The lowest BCUT2D eigenvalue weighted by atomic mass is 10.1. The maximum Gasteiger partial charge on any atom is 0.340 e. The average Bonchev–Trinajstić information content (AvgIpc) is 2.59. The maximum absolute atomic E-state index is 12.9. The van der Waals surface area contributed by atoms with Crippen LogP contribution in [0, 0.1) is 0 Å². The molecular formula is C13H15F4NO2. The zero-order chi connectivity index (χ0) is 14.8. The predicted molar refractivity (Wildman–Crippen MR) is 63.2 cm³/mol. The van der Waals surface area contributed by atoms with Crippen LogP contribution >= 0.6 is 0 Å². The van der Waals surface area contributed by atoms with Crippen molar-refractivity contribution in [3.63, 3.8) is 0 Å². The number of nitrogens with zero attached hydrogens (tertiary/aromatic N) is 1. The van der Waals surface area contributed by atoms with Crippen molar-refractivity contribution < 1.29 is 27.4 Å². The highest BCUT2D eigenvalue weighted by atomic mass is 19.3. The fraction of sp³-hybridized carbons (Fsp3) is 0.615. The second-order valence-corrected chi connectivity index (χ2v) is 4.78. The Kier molecular flexibility index (Phi) is 4.47. The summed E-state index contributed by atoms with van der Waals surface area (Å²) in [6.45, 7) is -1.39. The van der Waals surface area contributed by atoms with Gasteiger partial charge in [-0.25, -0.2) is 8.78 Å². The molecule has 1 aromatic rings. The van der Waals surface area contributed by atoms with Crippen molar-refractivity contribution in [3.8, 4) is 5.75 Å². The predicted octanol–water partition coefficient (Wildman–Crippen LogP) is 3.12. The second kappa shape index (κ2) is 5.95. The topological polar surface area (TPSA) is 42.4 Å². The van der Waals surface area contributed by atoms with E-state index in [2.05, 4.69) is 4.98 Å². The van der Waals surface area contributed by atoms with E-state index >= 15 is 0 Å². The molecule has 0 bridgehead atoms. The van der Waals surface area contributed by atoms with Crippen molar-refractivity contribution in [1.82, 2.24) is 4.98 Å². The number of alkyl halides is 4. The first-order valence-corrected chi connectivity index (χ1v) is 6.36. The van der Waals surface area contributed by atoms with Crippen molar-refractivity contribution in [2.24, 2.45) is 0 Å². The molecular weight excluding hydrogens is 278 g/mol. The third-order valence-electron chi connectivity index (χ3n) is 3.26. The van der Waals surface area contributed by atoms with Crippen molar-refractivity contribution in [2.75, 3.05) is 6.61 Å². The molecule has 0 aliphatic heterocycles. The molecule has 2 rings (SSSR count). The molecule has 0 amide bonds. The Labute approximate surface area is 113 Å². The van der Waals surface area contributed by atoms with Gasteiger partial charge in [0.05, 0.1) is 11.8 Å². The van der Waals surface area contributed by atoms with E-state index in [9.17, 15) is 22.7 Å². The van der Waals surface area contributed by atoms with E-state index in [1.165, 1.54) is 12.3 Å². The molecule has 0 saturated heterocycles. The molecule has 7 heteroatoms. The molecule has 1 atom stereocenters. The van der Waals surface area contributed by atoms with Crippen LogP contribution < -0.4 is 4.74 Å². The van der Waals surface area contributed by atoms with Gasteiger partial charge in [0.25, 0.3) is 0 Å². The Bertz CT molecular complexity index is 468. The van der Waals surface area contributed by atoms with Gasteiger partial charge in [-0.2, -0.15) is 8.78 Å². The monoisotopic (exact) mass is 293 g/mol. The number of aliphatic hydroxyl groups is 1. The van der Waals surface area contributed by atoms with Gasteiger partial charge >= 0.3 is 12.3 Å². The van der Waals surface area contributed by atoms with Gasteiger partial charge in [0, 0.05) is 11.8 Å². The van der Waals surface area contributed by atoms with E-state index in [4.69, 9.17) is 4.74 Å². The number of halogens is 4. The van der Waals surface area contributed by atoms with Crippen molar-refractivity contribution >= 4 is 0 Å². The number of fused-ring (bicyclic) bond motifs is 1. The highest BCUT2D eigenvalue weighted by Gasteiger charge is 2.42. The number of hydrogen-bond donors (Lipinski definition) is 1. The number of pyridine rings is 1. The lowest BCUT2D eigenvalue weighted by Gasteiger charge is -2.19. The minimum absolute atomic E-state index is 0.0938. The van der Waals surface area contributed by atoms with Gasteiger partial charge in [0.2, 0.25) is 0 Å². The molecule has 112 valence electrons. The largest absolute Gasteiger partial charge is 0.487 e. The standard InChI is InChI=1S/C13H15F4NO2/c14-12(15)13(16,17)7-20-10-5-6-18-11-8(10)3-1-2-4-9(11)19/h5-6,9,12,19H,1-4,7H2. The van der Waals surface area contributed by atoms with Crippen LogP contribution in [0.3, 0.4) is 0 Å². The maximum atomic E-state index is 12.9. The van der Waals surface area contributed by atoms with Crippen LogP contribution in [-0.2, 0) is 6.42 Å². The van der Waals surface area contributed by atoms with Crippen molar-refractivity contribution in [3.05, 3.63) is 23.5 Å². The summed E-state index contributed by atoms with van der Waals surface area (Å²) in [6.07, 6.45) is -0.614. The highest BCUT2D eigenvalue weighted by Crippen LogP contribution is 2.33. The molecule has 1 N–H and O–H groups in total. The molecule has 1 aliphatic carbocycles. The zero-order valence-corrected chi connectivity index (χ0v) is 10.7. The zero-order valence-electron chi connectivity index (χ0n) is 10.7. The quantitative estimate of drug-likeness (QED) is 0.685. The van der Waals surface area contributed by atoms with E-state index in [1.54, 1.807) is 0 Å². The fourth-order valence-corrected chi connectivity index (χ4v) is 2.18. The molecule has 1 heterocycles. The second-order valence-electron chi connectivity index (χ2n) is 4.78. The van der Waals surface area contributed by atoms with Crippen LogP contribution in [-0.4, -0.2) is 29.0 Å². The van der Waals surface area contributed by atoms with Crippen LogP contribution in [0.15, 0.2) is 12.3 Å². The van der Waals surface area contributed by atoms with Gasteiger partial charge in [-0.1, -0.05) is 6.42 Å². The molecule has 0 spiro atoms. The fourth-order valence-electron chi connectivity index (χ4n) is 2.18. The van der Waals surface area contributed by atoms with Crippen LogP contribution in [0.4, 0.5) is 17.6 Å². The number of aliphatic hydroxyl groups excluding tert-OH is 1. The van der Waals surface area contributed by atoms with E-state index in [1.807, 2.05) is 0 Å². The minimum atomic E-state index is -4.19. The Morgan fingerprint density at radius 1 is 1.40 bits per heavy atom. The summed E-state index contributed by atoms with van der Waals surface area (Å²) in [7, 11) is 0. The van der Waals surface area contributed by atoms with Gasteiger partial charge in [-0.3, -0.25) is 4.98 Å². The first-order chi connectivity index (χ1) is 9.42. The van der Waals surface area contributed by atoms with Gasteiger partial charge in [0.1, 0.15) is 5.75 Å². The van der Waals surface area contributed by atoms with Crippen LogP contribution in [0.1, 0.15) is 36.6 Å². The summed E-state index contributed by atoms with van der Waals surface area (Å²) in [5, 5.41) is 9.90. The van der Waals surface area contributed by atoms with Crippen molar-refractivity contribution in [1.29, 1.82) is 0 Å². The first kappa shape index (κ1) is 15.0. The SMILES string of the molecule is OC1CCCCc2c(OCC(F)(F)C(F)F)ccnc21. The summed E-state index contributed by atoms with van der Waals surface area (Å²) in [4.78, 5) is 4.03.